The Morgan fingerprint density at radius 1 is 0.786 bits per heavy atom. The molecule has 0 aliphatic rings. The van der Waals surface area contributed by atoms with Crippen LogP contribution in [-0.4, -0.2) is 5.71 Å². The van der Waals surface area contributed by atoms with Crippen LogP contribution in [0, 0.1) is 0 Å². The number of aliphatic imine (C=N–C) groups is 1. The Labute approximate surface area is 175 Å². The SMILES string of the molecule is C=C(Cl)/N=C(\C=C(/C)c1ccc(C(C)(C)C)cc1)c1ccc(C(C)(C)C)cc1. The van der Waals surface area contributed by atoms with Crippen LogP contribution in [0.1, 0.15) is 70.7 Å². The quantitative estimate of drug-likeness (QED) is 0.370. The van der Waals surface area contributed by atoms with Gasteiger partial charge in [0.2, 0.25) is 0 Å². The highest BCUT2D eigenvalue weighted by Crippen LogP contribution is 2.26. The van der Waals surface area contributed by atoms with Crippen molar-refractivity contribution < 1.29 is 0 Å². The first-order chi connectivity index (χ1) is 12.9. The van der Waals surface area contributed by atoms with Crippen molar-refractivity contribution >= 4 is 22.9 Å². The third-order valence-electron chi connectivity index (χ3n) is 4.85. The minimum Gasteiger partial charge on any atom is -0.237 e. The summed E-state index contributed by atoms with van der Waals surface area (Å²) in [5, 5.41) is 0.280. The van der Waals surface area contributed by atoms with Crippen LogP contribution in [0.4, 0.5) is 0 Å². The minimum absolute atomic E-state index is 0.118. The van der Waals surface area contributed by atoms with E-state index in [-0.39, 0.29) is 16.0 Å². The zero-order valence-electron chi connectivity index (χ0n) is 18.2. The molecule has 0 aromatic heterocycles. The van der Waals surface area contributed by atoms with E-state index in [9.17, 15) is 0 Å². The number of hydrogen-bond donors (Lipinski definition) is 0. The summed E-state index contributed by atoms with van der Waals surface area (Å²) in [5.41, 5.74) is 7.03. The van der Waals surface area contributed by atoms with E-state index in [1.807, 2.05) is 0 Å². The number of halogens is 1. The van der Waals surface area contributed by atoms with Gasteiger partial charge >= 0.3 is 0 Å². The number of rotatable bonds is 4. The molecule has 0 N–H and O–H groups in total. The highest BCUT2D eigenvalue weighted by atomic mass is 35.5. The summed E-state index contributed by atoms with van der Waals surface area (Å²) in [6.45, 7) is 19.2. The summed E-state index contributed by atoms with van der Waals surface area (Å²) in [6, 6.07) is 17.2. The molecule has 0 saturated carbocycles. The molecule has 0 radical (unpaired) electrons. The van der Waals surface area contributed by atoms with Crippen molar-refractivity contribution in [3.05, 3.63) is 88.6 Å². The van der Waals surface area contributed by atoms with Gasteiger partial charge in [0, 0.05) is 5.56 Å². The average molecular weight is 394 g/mol. The number of allylic oxidation sites excluding steroid dienone is 2. The van der Waals surface area contributed by atoms with Crippen LogP contribution in [0.25, 0.3) is 5.57 Å². The Hall–Kier alpha value is -2.12. The predicted molar refractivity (Wildman–Crippen MR) is 125 cm³/mol. The highest BCUT2D eigenvalue weighted by Gasteiger charge is 2.15. The zero-order chi connectivity index (χ0) is 21.1. The van der Waals surface area contributed by atoms with Crippen molar-refractivity contribution in [3.63, 3.8) is 0 Å². The fourth-order valence-electron chi connectivity index (χ4n) is 2.97. The largest absolute Gasteiger partial charge is 0.237 e. The Kier molecular flexibility index (Phi) is 6.72. The maximum absolute atomic E-state index is 6.02. The molecule has 0 atom stereocenters. The summed E-state index contributed by atoms with van der Waals surface area (Å²) in [6.07, 6.45) is 2.08. The first-order valence-electron chi connectivity index (χ1n) is 9.71. The molecule has 2 aromatic rings. The molecule has 2 heteroatoms. The summed E-state index contributed by atoms with van der Waals surface area (Å²) in [5.74, 6) is 0. The fourth-order valence-corrected chi connectivity index (χ4v) is 3.06. The van der Waals surface area contributed by atoms with E-state index >= 15 is 0 Å². The van der Waals surface area contributed by atoms with Gasteiger partial charge in [-0.2, -0.15) is 0 Å². The highest BCUT2D eigenvalue weighted by molar-refractivity contribution is 6.30. The lowest BCUT2D eigenvalue weighted by atomic mass is 9.86. The van der Waals surface area contributed by atoms with E-state index in [4.69, 9.17) is 11.6 Å². The second kappa shape index (κ2) is 8.49. The first kappa shape index (κ1) is 22.2. The molecule has 0 spiro atoms. The van der Waals surface area contributed by atoms with Crippen LogP contribution in [0.15, 0.2) is 71.3 Å². The number of nitrogens with zero attached hydrogens (tertiary/aromatic N) is 1. The van der Waals surface area contributed by atoms with Gasteiger partial charge in [-0.3, -0.25) is 0 Å². The molecule has 0 heterocycles. The lowest BCUT2D eigenvalue weighted by Gasteiger charge is -2.19. The molecule has 28 heavy (non-hydrogen) atoms. The van der Waals surface area contributed by atoms with Crippen LogP contribution in [0.5, 0.6) is 0 Å². The van der Waals surface area contributed by atoms with Gasteiger partial charge < -0.3 is 0 Å². The van der Waals surface area contributed by atoms with Gasteiger partial charge in [0.05, 0.1) is 5.71 Å². The van der Waals surface area contributed by atoms with E-state index in [0.29, 0.717) is 0 Å². The van der Waals surface area contributed by atoms with E-state index < -0.39 is 0 Å². The van der Waals surface area contributed by atoms with Gasteiger partial charge in [-0.15, -0.1) is 0 Å². The topological polar surface area (TPSA) is 12.4 Å². The standard InChI is InChI=1S/C26H32ClN/c1-18(20-9-13-22(14-10-20)25(3,4)5)17-24(28-19(2)27)21-11-15-23(16-12-21)26(6,7)8/h9-17H,2H2,1,3-8H3/b18-17+,28-24+. The van der Waals surface area contributed by atoms with Crippen LogP contribution >= 0.6 is 11.6 Å². The number of hydrogen-bond acceptors (Lipinski definition) is 1. The van der Waals surface area contributed by atoms with Gasteiger partial charge in [0.1, 0.15) is 5.16 Å². The van der Waals surface area contributed by atoms with Gasteiger partial charge in [-0.1, -0.05) is 108 Å². The van der Waals surface area contributed by atoms with Crippen molar-refractivity contribution in [3.8, 4) is 0 Å². The third-order valence-corrected chi connectivity index (χ3v) is 4.93. The third kappa shape index (κ3) is 5.94. The number of benzene rings is 2. The molecule has 0 aliphatic heterocycles. The fraction of sp³-hybridized carbons (Fsp3) is 0.346. The van der Waals surface area contributed by atoms with Gasteiger partial charge in [-0.05, 0) is 46.1 Å². The van der Waals surface area contributed by atoms with Gasteiger partial charge in [0.15, 0.2) is 0 Å². The molecular formula is C26H32ClN. The van der Waals surface area contributed by atoms with Gasteiger partial charge in [0.25, 0.3) is 0 Å². The van der Waals surface area contributed by atoms with Crippen LogP contribution in [0.3, 0.4) is 0 Å². The van der Waals surface area contributed by atoms with E-state index in [1.54, 1.807) is 0 Å². The molecule has 2 aromatic carbocycles. The molecule has 0 fully saturated rings. The van der Waals surface area contributed by atoms with E-state index in [0.717, 1.165) is 16.8 Å². The molecule has 0 amide bonds. The van der Waals surface area contributed by atoms with Crippen LogP contribution in [0.2, 0.25) is 0 Å². The lowest BCUT2D eigenvalue weighted by Crippen LogP contribution is -2.11. The monoisotopic (exact) mass is 393 g/mol. The smallest absolute Gasteiger partial charge is 0.122 e. The molecule has 1 nitrogen and oxygen atoms in total. The van der Waals surface area contributed by atoms with Crippen molar-refractivity contribution in [2.75, 3.05) is 0 Å². The Bertz CT molecular complexity index is 883. The minimum atomic E-state index is 0.118. The van der Waals surface area contributed by atoms with Crippen LogP contribution < -0.4 is 0 Å². The molecule has 0 unspecified atom stereocenters. The Morgan fingerprint density at radius 2 is 1.18 bits per heavy atom. The Balaban J connectivity index is 2.40. The normalized spacial score (nSPS) is 13.6. The summed E-state index contributed by atoms with van der Waals surface area (Å²) < 4.78 is 0. The summed E-state index contributed by atoms with van der Waals surface area (Å²) in [7, 11) is 0. The molecule has 0 bridgehead atoms. The molecular weight excluding hydrogens is 362 g/mol. The second-order valence-electron chi connectivity index (χ2n) is 9.36. The maximum atomic E-state index is 6.02. The van der Waals surface area contributed by atoms with Crippen molar-refractivity contribution in [2.45, 2.75) is 59.3 Å². The Morgan fingerprint density at radius 3 is 1.54 bits per heavy atom. The zero-order valence-corrected chi connectivity index (χ0v) is 19.0. The lowest BCUT2D eigenvalue weighted by molar-refractivity contribution is 0.590. The molecule has 0 aliphatic carbocycles. The summed E-state index contributed by atoms with van der Waals surface area (Å²) >= 11 is 6.02. The van der Waals surface area contributed by atoms with Crippen molar-refractivity contribution in [2.24, 2.45) is 4.99 Å². The summed E-state index contributed by atoms with van der Waals surface area (Å²) in [4.78, 5) is 4.47. The predicted octanol–water partition coefficient (Wildman–Crippen LogP) is 7.88. The molecule has 0 saturated heterocycles. The molecule has 148 valence electrons. The maximum Gasteiger partial charge on any atom is 0.122 e. The van der Waals surface area contributed by atoms with Gasteiger partial charge in [-0.25, -0.2) is 4.99 Å². The van der Waals surface area contributed by atoms with E-state index in [1.165, 1.54) is 16.7 Å². The van der Waals surface area contributed by atoms with Crippen LogP contribution in [-0.2, 0) is 10.8 Å². The van der Waals surface area contributed by atoms with E-state index in [2.05, 4.69) is 115 Å². The average Bonchev–Trinajstić information content (AvgIpc) is 2.59. The van der Waals surface area contributed by atoms with Crippen molar-refractivity contribution in [1.82, 2.24) is 0 Å². The molecule has 2 rings (SSSR count). The van der Waals surface area contributed by atoms with Crippen molar-refractivity contribution in [1.29, 1.82) is 0 Å². The first-order valence-corrected chi connectivity index (χ1v) is 10.1. The second-order valence-corrected chi connectivity index (χ2v) is 9.79.